The molecule has 1 rings (SSSR count). The molecule has 0 saturated carbocycles. The molecule has 10 heteroatoms. The first-order chi connectivity index (χ1) is 14.1. The van der Waals surface area contributed by atoms with Gasteiger partial charge in [0.15, 0.2) is 0 Å². The van der Waals surface area contributed by atoms with Crippen LogP contribution in [0.1, 0.15) is 72.6 Å². The van der Waals surface area contributed by atoms with Crippen LogP contribution in [0.2, 0.25) is 0 Å². The van der Waals surface area contributed by atoms with Crippen molar-refractivity contribution in [1.29, 1.82) is 0 Å². The maximum absolute atomic E-state index is 12.2. The minimum absolute atomic E-state index is 0.0539. The Morgan fingerprint density at radius 3 is 2.43 bits per heavy atom. The lowest BCUT2D eigenvalue weighted by Gasteiger charge is -2.46. The van der Waals surface area contributed by atoms with Gasteiger partial charge in [-0.2, -0.15) is 5.12 Å². The summed E-state index contributed by atoms with van der Waals surface area (Å²) < 4.78 is 5.09. The Labute approximate surface area is 179 Å². The molecule has 1 aliphatic rings. The summed E-state index contributed by atoms with van der Waals surface area (Å²) in [6.45, 7) is 9.06. The second-order valence-corrected chi connectivity index (χ2v) is 8.51. The van der Waals surface area contributed by atoms with Crippen molar-refractivity contribution in [2.75, 3.05) is 26.2 Å². The highest BCUT2D eigenvalue weighted by molar-refractivity contribution is 5.83. The van der Waals surface area contributed by atoms with Crippen LogP contribution in [0.5, 0.6) is 0 Å². The van der Waals surface area contributed by atoms with Crippen LogP contribution in [0.25, 0.3) is 0 Å². The summed E-state index contributed by atoms with van der Waals surface area (Å²) in [6, 6.07) is -0.458. The number of carbonyl (C=O) groups is 3. The third-order valence-electron chi connectivity index (χ3n) is 4.51. The Balaban J connectivity index is 2.04. The zero-order chi connectivity index (χ0) is 22.6. The van der Waals surface area contributed by atoms with E-state index in [-0.39, 0.29) is 24.3 Å². The molecular weight excluding hydrogens is 390 g/mol. The summed E-state index contributed by atoms with van der Waals surface area (Å²) in [6.07, 6.45) is 5.64. The zero-order valence-corrected chi connectivity index (χ0v) is 18.9. The van der Waals surface area contributed by atoms with Crippen LogP contribution < -0.4 is 16.6 Å². The summed E-state index contributed by atoms with van der Waals surface area (Å²) in [5.74, 6) is 5.26. The number of rotatable bonds is 14. The van der Waals surface area contributed by atoms with Crippen molar-refractivity contribution in [3.63, 3.8) is 0 Å². The van der Waals surface area contributed by atoms with Crippen molar-refractivity contribution in [3.05, 3.63) is 0 Å². The van der Waals surface area contributed by atoms with Crippen LogP contribution in [0.15, 0.2) is 0 Å². The number of nitrogens with two attached hydrogens (primary N) is 1. The SMILES string of the molecule is CCCCOC(=O)CN1CC(C(=O)NCCCCCCC(=O)NOC(C)(C)C)N1N. The van der Waals surface area contributed by atoms with Crippen LogP contribution in [-0.2, 0) is 24.0 Å². The average molecular weight is 430 g/mol. The van der Waals surface area contributed by atoms with Gasteiger partial charge in [-0.25, -0.2) is 10.5 Å². The monoisotopic (exact) mass is 429 g/mol. The summed E-state index contributed by atoms with van der Waals surface area (Å²) >= 11 is 0. The molecule has 2 amide bonds. The topological polar surface area (TPSA) is 126 Å². The van der Waals surface area contributed by atoms with Crippen molar-refractivity contribution < 1.29 is 24.0 Å². The zero-order valence-electron chi connectivity index (χ0n) is 18.9. The Morgan fingerprint density at radius 1 is 1.10 bits per heavy atom. The highest BCUT2D eigenvalue weighted by Gasteiger charge is 2.40. The van der Waals surface area contributed by atoms with E-state index in [4.69, 9.17) is 15.4 Å². The molecule has 1 heterocycles. The van der Waals surface area contributed by atoms with Crippen molar-refractivity contribution >= 4 is 17.8 Å². The number of hydroxylamine groups is 1. The molecule has 0 aromatic carbocycles. The summed E-state index contributed by atoms with van der Waals surface area (Å²) in [5.41, 5.74) is 2.05. The van der Waals surface area contributed by atoms with Gasteiger partial charge in [0.1, 0.15) is 12.6 Å². The maximum Gasteiger partial charge on any atom is 0.321 e. The quantitative estimate of drug-likeness (QED) is 0.162. The number of hydrogen-bond donors (Lipinski definition) is 3. The maximum atomic E-state index is 12.2. The first-order valence-electron chi connectivity index (χ1n) is 10.8. The number of hydrazine groups is 2. The van der Waals surface area contributed by atoms with Crippen molar-refractivity contribution in [2.24, 2.45) is 5.84 Å². The number of nitrogens with one attached hydrogen (secondary N) is 2. The summed E-state index contributed by atoms with van der Waals surface area (Å²) in [5, 5.41) is 5.74. The largest absolute Gasteiger partial charge is 0.465 e. The Morgan fingerprint density at radius 2 is 1.80 bits per heavy atom. The highest BCUT2D eigenvalue weighted by atomic mass is 16.7. The lowest BCUT2D eigenvalue weighted by atomic mass is 10.1. The molecule has 0 aromatic rings. The Kier molecular flexibility index (Phi) is 11.9. The standard InChI is InChI=1S/C20H39N5O5/c1-5-6-13-29-18(27)15-24-14-16(25(24)21)19(28)22-12-10-8-7-9-11-17(26)23-30-20(2,3)4/h16H,5-15,21H2,1-4H3,(H,22,28)(H,23,26). The van der Waals surface area contributed by atoms with Gasteiger partial charge >= 0.3 is 5.97 Å². The molecule has 4 N–H and O–H groups in total. The van der Waals surface area contributed by atoms with E-state index in [0.717, 1.165) is 38.5 Å². The van der Waals surface area contributed by atoms with Crippen LogP contribution in [0, 0.1) is 0 Å². The molecule has 174 valence electrons. The van der Waals surface area contributed by atoms with Crippen LogP contribution in [0.4, 0.5) is 0 Å². The van der Waals surface area contributed by atoms with Crippen LogP contribution in [-0.4, -0.2) is 65.8 Å². The Bertz CT molecular complexity index is 552. The minimum atomic E-state index is -0.458. The molecule has 0 aliphatic carbocycles. The third kappa shape index (κ3) is 10.9. The number of hydrogen-bond acceptors (Lipinski definition) is 8. The number of amides is 2. The molecule has 0 spiro atoms. The van der Waals surface area contributed by atoms with E-state index in [1.807, 2.05) is 27.7 Å². The molecule has 1 atom stereocenters. The predicted octanol–water partition coefficient (Wildman–Crippen LogP) is 1.02. The molecular formula is C20H39N5O5. The smallest absolute Gasteiger partial charge is 0.321 e. The van der Waals surface area contributed by atoms with Gasteiger partial charge in [-0.15, -0.1) is 0 Å². The van der Waals surface area contributed by atoms with Crippen LogP contribution >= 0.6 is 0 Å². The van der Waals surface area contributed by atoms with Gasteiger partial charge in [-0.3, -0.25) is 25.1 Å². The van der Waals surface area contributed by atoms with E-state index >= 15 is 0 Å². The molecule has 1 unspecified atom stereocenters. The fraction of sp³-hybridized carbons (Fsp3) is 0.850. The van der Waals surface area contributed by atoms with Crippen molar-refractivity contribution in [3.8, 4) is 0 Å². The number of ether oxygens (including phenoxy) is 1. The fourth-order valence-electron chi connectivity index (χ4n) is 2.71. The third-order valence-corrected chi connectivity index (χ3v) is 4.51. The fourth-order valence-corrected chi connectivity index (χ4v) is 2.71. The molecule has 0 radical (unpaired) electrons. The number of unbranched alkanes of at least 4 members (excludes halogenated alkanes) is 4. The predicted molar refractivity (Wildman–Crippen MR) is 112 cm³/mol. The highest BCUT2D eigenvalue weighted by Crippen LogP contribution is 2.14. The van der Waals surface area contributed by atoms with E-state index < -0.39 is 11.6 Å². The first kappa shape index (κ1) is 26.3. The minimum Gasteiger partial charge on any atom is -0.465 e. The second kappa shape index (κ2) is 13.5. The van der Waals surface area contributed by atoms with Gasteiger partial charge in [0, 0.05) is 19.5 Å². The van der Waals surface area contributed by atoms with E-state index in [1.165, 1.54) is 5.12 Å². The molecule has 1 saturated heterocycles. The molecule has 1 fully saturated rings. The van der Waals surface area contributed by atoms with Gasteiger partial charge in [0.2, 0.25) is 11.8 Å². The van der Waals surface area contributed by atoms with Gasteiger partial charge in [-0.1, -0.05) is 26.2 Å². The first-order valence-corrected chi connectivity index (χ1v) is 10.8. The van der Waals surface area contributed by atoms with E-state index in [9.17, 15) is 14.4 Å². The van der Waals surface area contributed by atoms with E-state index in [1.54, 1.807) is 5.01 Å². The molecule has 0 bridgehead atoms. The Hall–Kier alpha value is -1.75. The van der Waals surface area contributed by atoms with Gasteiger partial charge in [0.05, 0.1) is 12.2 Å². The number of carbonyl (C=O) groups excluding carboxylic acids is 3. The lowest BCUT2D eigenvalue weighted by molar-refractivity contribution is -0.188. The van der Waals surface area contributed by atoms with Gasteiger partial charge in [0.25, 0.3) is 0 Å². The summed E-state index contributed by atoms with van der Waals surface area (Å²) in [4.78, 5) is 40.7. The van der Waals surface area contributed by atoms with Crippen molar-refractivity contribution in [1.82, 2.24) is 20.9 Å². The van der Waals surface area contributed by atoms with E-state index in [0.29, 0.717) is 26.1 Å². The lowest BCUT2D eigenvalue weighted by Crippen LogP contribution is -2.72. The van der Waals surface area contributed by atoms with Gasteiger partial charge in [-0.05, 0) is 40.0 Å². The normalized spacial score (nSPS) is 17.3. The van der Waals surface area contributed by atoms with Crippen LogP contribution in [0.3, 0.4) is 0 Å². The average Bonchev–Trinajstić information content (AvgIpc) is 2.67. The van der Waals surface area contributed by atoms with Gasteiger partial charge < -0.3 is 10.1 Å². The number of esters is 1. The van der Waals surface area contributed by atoms with Crippen molar-refractivity contribution in [2.45, 2.75) is 84.3 Å². The second-order valence-electron chi connectivity index (χ2n) is 8.51. The molecule has 0 aromatic heterocycles. The number of nitrogens with zero attached hydrogens (tertiary/aromatic N) is 2. The molecule has 1 aliphatic heterocycles. The molecule has 10 nitrogen and oxygen atoms in total. The molecule has 30 heavy (non-hydrogen) atoms. The van der Waals surface area contributed by atoms with E-state index in [2.05, 4.69) is 10.8 Å². The summed E-state index contributed by atoms with van der Waals surface area (Å²) in [7, 11) is 0.